The minimum absolute atomic E-state index is 0.176. The normalized spacial score (nSPS) is 13.5. The second-order valence-corrected chi connectivity index (χ2v) is 7.40. The Hall–Kier alpha value is -3.61. The lowest BCUT2D eigenvalue weighted by atomic mass is 9.99. The van der Waals surface area contributed by atoms with Crippen molar-refractivity contribution < 1.29 is 0 Å². The van der Waals surface area contributed by atoms with Gasteiger partial charge in [-0.15, -0.1) is 5.10 Å². The first kappa shape index (κ1) is 17.5. The number of fused-ring (bicyclic) bond motifs is 2. The molecule has 0 aliphatic carbocycles. The van der Waals surface area contributed by atoms with Crippen LogP contribution < -0.4 is 10.5 Å². The Morgan fingerprint density at radius 1 is 1.00 bits per heavy atom. The number of nitrogens with zero attached hydrogens (tertiary/aromatic N) is 6. The average molecular weight is 384 g/mol. The van der Waals surface area contributed by atoms with Crippen LogP contribution >= 0.6 is 0 Å². The predicted molar refractivity (Wildman–Crippen MR) is 111 cm³/mol. The number of aryl methyl sites for hydroxylation is 2. The largest absolute Gasteiger partial charge is 0.350 e. The van der Waals surface area contributed by atoms with Crippen LogP contribution in [0.2, 0.25) is 0 Å². The lowest BCUT2D eigenvalue weighted by molar-refractivity contribution is 0.685. The van der Waals surface area contributed by atoms with Gasteiger partial charge in [-0.1, -0.05) is 0 Å². The van der Waals surface area contributed by atoms with Crippen LogP contribution in [0.4, 0.5) is 5.82 Å². The molecule has 5 rings (SSSR count). The molecule has 7 heteroatoms. The van der Waals surface area contributed by atoms with Crippen molar-refractivity contribution in [2.45, 2.75) is 26.8 Å². The third-order valence-corrected chi connectivity index (χ3v) is 5.43. The molecule has 1 aliphatic rings. The smallest absolute Gasteiger partial charge is 0.274 e. The highest BCUT2D eigenvalue weighted by atomic mass is 16.1. The van der Waals surface area contributed by atoms with Gasteiger partial charge in [-0.2, -0.15) is 4.52 Å². The number of aromatic nitrogens is 5. The first-order chi connectivity index (χ1) is 14.1. The van der Waals surface area contributed by atoms with E-state index in [1.807, 2.05) is 31.5 Å². The third kappa shape index (κ3) is 3.04. The van der Waals surface area contributed by atoms with Gasteiger partial charge in [-0.05, 0) is 48.7 Å². The lowest BCUT2D eigenvalue weighted by Gasteiger charge is -2.30. The first-order valence-corrected chi connectivity index (χ1v) is 9.59. The zero-order valence-electron chi connectivity index (χ0n) is 16.3. The van der Waals surface area contributed by atoms with E-state index in [1.54, 1.807) is 6.20 Å². The molecule has 0 atom stereocenters. The summed E-state index contributed by atoms with van der Waals surface area (Å²) < 4.78 is 1.37. The van der Waals surface area contributed by atoms with Gasteiger partial charge >= 0.3 is 0 Å². The molecule has 0 fully saturated rings. The molecule has 0 bridgehead atoms. The molecule has 4 aromatic heterocycles. The lowest BCUT2D eigenvalue weighted by Crippen LogP contribution is -2.33. The molecule has 144 valence electrons. The fourth-order valence-corrected chi connectivity index (χ4v) is 3.88. The van der Waals surface area contributed by atoms with E-state index in [1.165, 1.54) is 27.9 Å². The molecule has 0 aromatic carbocycles. The van der Waals surface area contributed by atoms with Gasteiger partial charge in [0.1, 0.15) is 0 Å². The minimum Gasteiger partial charge on any atom is -0.350 e. The van der Waals surface area contributed by atoms with Crippen LogP contribution in [0, 0.1) is 13.8 Å². The van der Waals surface area contributed by atoms with E-state index in [9.17, 15) is 4.79 Å². The Labute approximate surface area is 167 Å². The highest BCUT2D eigenvalue weighted by molar-refractivity contribution is 5.66. The van der Waals surface area contributed by atoms with E-state index in [0.717, 1.165) is 41.2 Å². The van der Waals surface area contributed by atoms with E-state index in [4.69, 9.17) is 4.98 Å². The van der Waals surface area contributed by atoms with Crippen LogP contribution in [0.25, 0.3) is 16.8 Å². The van der Waals surface area contributed by atoms with Gasteiger partial charge in [0.15, 0.2) is 11.5 Å². The zero-order chi connectivity index (χ0) is 20.0. The molecule has 0 N–H and O–H groups in total. The highest BCUT2D eigenvalue weighted by Gasteiger charge is 2.21. The summed E-state index contributed by atoms with van der Waals surface area (Å²) in [7, 11) is 0. The molecule has 0 radical (unpaired) electrons. The maximum atomic E-state index is 12.2. The molecule has 4 aromatic rings. The number of hydrogen-bond acceptors (Lipinski definition) is 6. The maximum absolute atomic E-state index is 12.2. The summed E-state index contributed by atoms with van der Waals surface area (Å²) in [6.45, 7) is 5.59. The van der Waals surface area contributed by atoms with Gasteiger partial charge in [-0.3, -0.25) is 14.8 Å². The Balaban J connectivity index is 1.54. The van der Waals surface area contributed by atoms with Crippen molar-refractivity contribution in [2.24, 2.45) is 0 Å². The van der Waals surface area contributed by atoms with Crippen molar-refractivity contribution in [2.75, 3.05) is 11.4 Å². The molecule has 0 unspecified atom stereocenters. The number of anilines is 1. The fraction of sp³-hybridized carbons (Fsp3) is 0.227. The van der Waals surface area contributed by atoms with Gasteiger partial charge in [0, 0.05) is 67.2 Å². The first-order valence-electron chi connectivity index (χ1n) is 9.59. The Kier molecular flexibility index (Phi) is 4.08. The second-order valence-electron chi connectivity index (χ2n) is 7.40. The van der Waals surface area contributed by atoms with Crippen molar-refractivity contribution in [1.29, 1.82) is 0 Å². The molecular formula is C22H20N6O. The average Bonchev–Trinajstić information content (AvgIpc) is 2.73. The van der Waals surface area contributed by atoms with Gasteiger partial charge in [0.05, 0.1) is 0 Å². The van der Waals surface area contributed by atoms with Crippen molar-refractivity contribution in [1.82, 2.24) is 24.6 Å². The Morgan fingerprint density at radius 3 is 2.76 bits per heavy atom. The standard InChI is InChI=1S/C22H20N6O/c1-14-3-6-23-12-18(14)16-10-17-13-27(8-5-19(17)25-11-16)22-15(2)9-20-24-7-4-21(29)28(20)26-22/h3-4,6-7,9-12H,5,8,13H2,1-2H3. The second kappa shape index (κ2) is 6.77. The summed E-state index contributed by atoms with van der Waals surface area (Å²) in [5.74, 6) is 0.807. The fourth-order valence-electron chi connectivity index (χ4n) is 3.88. The van der Waals surface area contributed by atoms with Crippen LogP contribution in [-0.4, -0.2) is 31.1 Å². The molecule has 0 saturated heterocycles. The van der Waals surface area contributed by atoms with E-state index in [0.29, 0.717) is 12.2 Å². The van der Waals surface area contributed by atoms with E-state index >= 15 is 0 Å². The molecule has 5 heterocycles. The summed E-state index contributed by atoms with van der Waals surface area (Å²) in [5, 5.41) is 4.60. The molecule has 29 heavy (non-hydrogen) atoms. The quantitative estimate of drug-likeness (QED) is 0.529. The summed E-state index contributed by atoms with van der Waals surface area (Å²) in [6, 6.07) is 7.54. The minimum atomic E-state index is -0.176. The maximum Gasteiger partial charge on any atom is 0.274 e. The molecular weight excluding hydrogens is 364 g/mol. The van der Waals surface area contributed by atoms with Crippen molar-refractivity contribution in [3.8, 4) is 11.1 Å². The zero-order valence-corrected chi connectivity index (χ0v) is 16.3. The summed E-state index contributed by atoms with van der Waals surface area (Å²) in [6.07, 6.45) is 7.97. The number of rotatable bonds is 2. The number of hydrogen-bond donors (Lipinski definition) is 0. The van der Waals surface area contributed by atoms with Crippen LogP contribution in [0.5, 0.6) is 0 Å². The van der Waals surface area contributed by atoms with Gasteiger partial charge in [0.2, 0.25) is 0 Å². The van der Waals surface area contributed by atoms with Crippen molar-refractivity contribution in [3.63, 3.8) is 0 Å². The van der Waals surface area contributed by atoms with Crippen molar-refractivity contribution >= 4 is 11.5 Å². The van der Waals surface area contributed by atoms with Crippen LogP contribution in [0.15, 0.2) is 53.8 Å². The van der Waals surface area contributed by atoms with Gasteiger partial charge in [0.25, 0.3) is 5.56 Å². The summed E-state index contributed by atoms with van der Waals surface area (Å²) in [5.41, 5.74) is 7.02. The van der Waals surface area contributed by atoms with E-state index in [-0.39, 0.29) is 5.56 Å². The van der Waals surface area contributed by atoms with E-state index < -0.39 is 0 Å². The van der Waals surface area contributed by atoms with Crippen LogP contribution in [-0.2, 0) is 13.0 Å². The van der Waals surface area contributed by atoms with Gasteiger partial charge in [-0.25, -0.2) is 4.98 Å². The molecule has 0 amide bonds. The molecule has 1 aliphatic heterocycles. The van der Waals surface area contributed by atoms with Crippen LogP contribution in [0.1, 0.15) is 22.4 Å². The molecule has 0 saturated carbocycles. The molecule has 7 nitrogen and oxygen atoms in total. The predicted octanol–water partition coefficient (Wildman–Crippen LogP) is 2.73. The summed E-state index contributed by atoms with van der Waals surface area (Å²) >= 11 is 0. The molecule has 0 spiro atoms. The third-order valence-electron chi connectivity index (χ3n) is 5.43. The number of pyridine rings is 2. The van der Waals surface area contributed by atoms with E-state index in [2.05, 4.69) is 33.0 Å². The SMILES string of the molecule is Cc1ccncc1-c1cnc2c(c1)CN(c1nn3c(=O)ccnc3cc1C)CC2. The summed E-state index contributed by atoms with van der Waals surface area (Å²) in [4.78, 5) is 27.6. The van der Waals surface area contributed by atoms with Crippen LogP contribution in [0.3, 0.4) is 0 Å². The Bertz CT molecular complexity index is 1300. The highest BCUT2D eigenvalue weighted by Crippen LogP contribution is 2.29. The Morgan fingerprint density at radius 2 is 1.90 bits per heavy atom. The monoisotopic (exact) mass is 384 g/mol. The van der Waals surface area contributed by atoms with Crippen molar-refractivity contribution in [3.05, 3.63) is 81.8 Å². The van der Waals surface area contributed by atoms with Gasteiger partial charge < -0.3 is 4.90 Å². The topological polar surface area (TPSA) is 76.3 Å².